The van der Waals surface area contributed by atoms with E-state index in [1.54, 1.807) is 0 Å². The first-order valence-corrected chi connectivity index (χ1v) is 4.71. The first-order valence-electron chi connectivity index (χ1n) is 4.71. The van der Waals surface area contributed by atoms with Gasteiger partial charge in [0, 0.05) is 5.92 Å². The predicted molar refractivity (Wildman–Crippen MR) is 48.4 cm³/mol. The Morgan fingerprint density at radius 2 is 2.31 bits per heavy atom. The van der Waals surface area contributed by atoms with Gasteiger partial charge in [-0.2, -0.15) is 0 Å². The van der Waals surface area contributed by atoms with Crippen LogP contribution in [0.4, 0.5) is 0 Å². The molecule has 0 aliphatic carbocycles. The van der Waals surface area contributed by atoms with Gasteiger partial charge in [-0.1, -0.05) is 19.8 Å². The minimum absolute atomic E-state index is 0.00319. The molecule has 0 aromatic heterocycles. The summed E-state index contributed by atoms with van der Waals surface area (Å²) < 4.78 is 4.97. The van der Waals surface area contributed by atoms with Crippen molar-refractivity contribution in [1.82, 2.24) is 0 Å². The molecule has 0 saturated carbocycles. The number of aliphatic carboxylic acids is 1. The molecule has 4 heteroatoms. The van der Waals surface area contributed by atoms with E-state index in [1.807, 2.05) is 6.92 Å². The zero-order valence-corrected chi connectivity index (χ0v) is 7.95. The molecule has 1 aliphatic rings. The average Bonchev–Trinajstić information content (AvgIpc) is 1.97. The topological polar surface area (TPSA) is 72.6 Å². The van der Waals surface area contributed by atoms with Gasteiger partial charge in [0.15, 0.2) is 0 Å². The first kappa shape index (κ1) is 10.5. The molecule has 1 atom stereocenters. The second-order valence-corrected chi connectivity index (χ2v) is 3.68. The van der Waals surface area contributed by atoms with Crippen LogP contribution >= 0.6 is 0 Å². The van der Waals surface area contributed by atoms with E-state index in [2.05, 4.69) is 0 Å². The average molecular weight is 187 g/mol. The van der Waals surface area contributed by atoms with Crippen LogP contribution in [-0.2, 0) is 9.53 Å². The maximum Gasteiger partial charge on any atom is 0.324 e. The molecule has 0 amide bonds. The van der Waals surface area contributed by atoms with Gasteiger partial charge in [-0.3, -0.25) is 4.79 Å². The Kier molecular flexibility index (Phi) is 3.27. The summed E-state index contributed by atoms with van der Waals surface area (Å²) in [5.41, 5.74) is 4.79. The normalized spacial score (nSPS) is 22.0. The number of ether oxygens (including phenoxy) is 1. The summed E-state index contributed by atoms with van der Waals surface area (Å²) in [6.45, 7) is 3.01. The number of hydrogen-bond donors (Lipinski definition) is 2. The van der Waals surface area contributed by atoms with Crippen LogP contribution in [0.1, 0.15) is 26.2 Å². The first-order chi connectivity index (χ1) is 6.11. The maximum atomic E-state index is 11.0. The van der Waals surface area contributed by atoms with Crippen LogP contribution in [0.15, 0.2) is 0 Å². The second kappa shape index (κ2) is 4.07. The molecule has 76 valence electrons. The van der Waals surface area contributed by atoms with Crippen molar-refractivity contribution in [2.45, 2.75) is 31.7 Å². The standard InChI is InChI=1S/C9H17NO3/c1-2-3-4-9(10,8(11)12)7-5-13-6-7/h7H,2-6,10H2,1H3,(H,11,12). The molecule has 1 aliphatic heterocycles. The fraction of sp³-hybridized carbons (Fsp3) is 0.889. The van der Waals surface area contributed by atoms with Gasteiger partial charge < -0.3 is 15.6 Å². The minimum Gasteiger partial charge on any atom is -0.480 e. The van der Waals surface area contributed by atoms with E-state index in [9.17, 15) is 4.79 Å². The van der Waals surface area contributed by atoms with Crippen LogP contribution in [0.25, 0.3) is 0 Å². The van der Waals surface area contributed by atoms with Crippen LogP contribution in [-0.4, -0.2) is 29.8 Å². The van der Waals surface area contributed by atoms with Gasteiger partial charge in [0.25, 0.3) is 0 Å². The Morgan fingerprint density at radius 1 is 1.69 bits per heavy atom. The van der Waals surface area contributed by atoms with Gasteiger partial charge in [-0.15, -0.1) is 0 Å². The smallest absolute Gasteiger partial charge is 0.324 e. The SMILES string of the molecule is CCCCC(N)(C(=O)O)C1COC1. The van der Waals surface area contributed by atoms with Gasteiger partial charge in [0.05, 0.1) is 13.2 Å². The van der Waals surface area contributed by atoms with Crippen molar-refractivity contribution in [2.24, 2.45) is 11.7 Å². The summed E-state index contributed by atoms with van der Waals surface area (Å²) in [5, 5.41) is 9.01. The minimum atomic E-state index is -1.06. The van der Waals surface area contributed by atoms with Crippen LogP contribution in [0.3, 0.4) is 0 Å². The van der Waals surface area contributed by atoms with Gasteiger partial charge >= 0.3 is 5.97 Å². The van der Waals surface area contributed by atoms with E-state index in [4.69, 9.17) is 15.6 Å². The highest BCUT2D eigenvalue weighted by atomic mass is 16.5. The molecule has 0 aromatic rings. The Hall–Kier alpha value is -0.610. The fourth-order valence-electron chi connectivity index (χ4n) is 1.49. The molecule has 1 rings (SSSR count). The van der Waals surface area contributed by atoms with E-state index in [0.717, 1.165) is 12.8 Å². The van der Waals surface area contributed by atoms with Crippen molar-refractivity contribution in [3.05, 3.63) is 0 Å². The van der Waals surface area contributed by atoms with Crippen LogP contribution in [0.5, 0.6) is 0 Å². The van der Waals surface area contributed by atoms with Crippen molar-refractivity contribution < 1.29 is 14.6 Å². The highest BCUT2D eigenvalue weighted by Gasteiger charge is 2.45. The van der Waals surface area contributed by atoms with Crippen molar-refractivity contribution in [1.29, 1.82) is 0 Å². The van der Waals surface area contributed by atoms with E-state index >= 15 is 0 Å². The van der Waals surface area contributed by atoms with Crippen molar-refractivity contribution in [3.63, 3.8) is 0 Å². The highest BCUT2D eigenvalue weighted by molar-refractivity contribution is 5.79. The van der Waals surface area contributed by atoms with E-state index in [0.29, 0.717) is 19.6 Å². The Balaban J connectivity index is 2.56. The number of carboxylic acids is 1. The zero-order chi connectivity index (χ0) is 9.90. The van der Waals surface area contributed by atoms with E-state index in [1.165, 1.54) is 0 Å². The molecule has 3 N–H and O–H groups in total. The quantitative estimate of drug-likeness (QED) is 0.661. The van der Waals surface area contributed by atoms with Crippen LogP contribution in [0.2, 0.25) is 0 Å². The monoisotopic (exact) mass is 187 g/mol. The molecular weight excluding hydrogens is 170 g/mol. The Labute approximate surface area is 78.1 Å². The molecule has 0 aromatic carbocycles. The number of hydrogen-bond acceptors (Lipinski definition) is 3. The molecule has 4 nitrogen and oxygen atoms in total. The fourth-order valence-corrected chi connectivity index (χ4v) is 1.49. The van der Waals surface area contributed by atoms with Gasteiger partial charge in [0.2, 0.25) is 0 Å². The summed E-state index contributed by atoms with van der Waals surface area (Å²) >= 11 is 0. The Morgan fingerprint density at radius 3 is 2.62 bits per heavy atom. The molecule has 0 spiro atoms. The number of unbranched alkanes of at least 4 members (excludes halogenated alkanes) is 1. The summed E-state index contributed by atoms with van der Waals surface area (Å²) in [7, 11) is 0. The second-order valence-electron chi connectivity index (χ2n) is 3.68. The lowest BCUT2D eigenvalue weighted by Gasteiger charge is -2.39. The molecule has 0 radical (unpaired) electrons. The largest absolute Gasteiger partial charge is 0.480 e. The lowest BCUT2D eigenvalue weighted by molar-refractivity contribution is -0.156. The lowest BCUT2D eigenvalue weighted by atomic mass is 9.79. The Bertz CT molecular complexity index is 191. The molecular formula is C9H17NO3. The van der Waals surface area contributed by atoms with Crippen molar-refractivity contribution >= 4 is 5.97 Å². The highest BCUT2D eigenvalue weighted by Crippen LogP contribution is 2.27. The van der Waals surface area contributed by atoms with Crippen LogP contribution in [0, 0.1) is 5.92 Å². The summed E-state index contributed by atoms with van der Waals surface area (Å²) in [6.07, 6.45) is 2.38. The third-order valence-electron chi connectivity index (χ3n) is 2.71. The van der Waals surface area contributed by atoms with E-state index < -0.39 is 11.5 Å². The molecule has 1 saturated heterocycles. The number of nitrogens with two attached hydrogens (primary N) is 1. The van der Waals surface area contributed by atoms with Crippen molar-refractivity contribution in [3.8, 4) is 0 Å². The third kappa shape index (κ3) is 2.00. The molecule has 1 unspecified atom stereocenters. The number of rotatable bonds is 5. The van der Waals surface area contributed by atoms with Crippen LogP contribution < -0.4 is 5.73 Å². The zero-order valence-electron chi connectivity index (χ0n) is 7.95. The molecule has 1 fully saturated rings. The summed E-state index contributed by atoms with van der Waals surface area (Å²) in [4.78, 5) is 11.0. The number of carbonyl (C=O) groups is 1. The lowest BCUT2D eigenvalue weighted by Crippen LogP contribution is -2.60. The molecule has 1 heterocycles. The summed E-state index contributed by atoms with van der Waals surface area (Å²) in [6, 6.07) is 0. The van der Waals surface area contributed by atoms with Gasteiger partial charge in [0.1, 0.15) is 5.54 Å². The third-order valence-corrected chi connectivity index (χ3v) is 2.71. The van der Waals surface area contributed by atoms with Crippen molar-refractivity contribution in [2.75, 3.05) is 13.2 Å². The number of carboxylic acid groups (broad SMARTS) is 1. The summed E-state index contributed by atoms with van der Waals surface area (Å²) in [5.74, 6) is -0.897. The molecule has 0 bridgehead atoms. The predicted octanol–water partition coefficient (Wildman–Crippen LogP) is 0.605. The van der Waals surface area contributed by atoms with E-state index in [-0.39, 0.29) is 5.92 Å². The van der Waals surface area contributed by atoms with Gasteiger partial charge in [-0.05, 0) is 6.42 Å². The van der Waals surface area contributed by atoms with Gasteiger partial charge in [-0.25, -0.2) is 0 Å². The molecule has 13 heavy (non-hydrogen) atoms. The maximum absolute atomic E-state index is 11.0.